The Labute approximate surface area is 132 Å². The highest BCUT2D eigenvalue weighted by atomic mass is 16.3. The Balaban J connectivity index is 1.59. The molecule has 1 saturated heterocycles. The van der Waals surface area contributed by atoms with Crippen LogP contribution in [0.3, 0.4) is 0 Å². The minimum absolute atomic E-state index is 0.0647. The summed E-state index contributed by atoms with van der Waals surface area (Å²) < 4.78 is 5.17. The van der Waals surface area contributed by atoms with Crippen LogP contribution in [-0.2, 0) is 4.79 Å². The van der Waals surface area contributed by atoms with Crippen molar-refractivity contribution >= 4 is 11.8 Å². The summed E-state index contributed by atoms with van der Waals surface area (Å²) in [5, 5.41) is 2.70. The van der Waals surface area contributed by atoms with E-state index in [0.717, 1.165) is 25.9 Å². The van der Waals surface area contributed by atoms with E-state index >= 15 is 0 Å². The lowest BCUT2D eigenvalue weighted by Gasteiger charge is -2.15. The Bertz CT molecular complexity index is 680. The van der Waals surface area contributed by atoms with Crippen LogP contribution < -0.4 is 5.32 Å². The minimum Gasteiger partial charge on any atom is -0.443 e. The fraction of sp³-hybridized carbons (Fsp3) is 0.400. The van der Waals surface area contributed by atoms with Gasteiger partial charge in [-0.3, -0.25) is 9.59 Å². The molecule has 0 unspecified atom stereocenters. The van der Waals surface area contributed by atoms with Crippen molar-refractivity contribution in [1.82, 2.24) is 25.2 Å². The Hall–Kier alpha value is -2.77. The number of rotatable bonds is 5. The van der Waals surface area contributed by atoms with Gasteiger partial charge in [0.25, 0.3) is 5.91 Å². The molecule has 3 heterocycles. The molecule has 2 amide bonds. The molecule has 2 aromatic rings. The maximum absolute atomic E-state index is 12.3. The molecule has 1 aliphatic heterocycles. The van der Waals surface area contributed by atoms with Crippen LogP contribution >= 0.6 is 0 Å². The van der Waals surface area contributed by atoms with Gasteiger partial charge >= 0.3 is 0 Å². The molecule has 0 radical (unpaired) electrons. The van der Waals surface area contributed by atoms with E-state index in [1.54, 1.807) is 0 Å². The minimum atomic E-state index is -0.402. The topological polar surface area (TPSA) is 101 Å². The van der Waals surface area contributed by atoms with Gasteiger partial charge in [0.15, 0.2) is 11.4 Å². The molecule has 8 heteroatoms. The zero-order chi connectivity index (χ0) is 16.1. The van der Waals surface area contributed by atoms with Crippen LogP contribution in [0.1, 0.15) is 29.8 Å². The van der Waals surface area contributed by atoms with Gasteiger partial charge in [0.2, 0.25) is 11.8 Å². The predicted molar refractivity (Wildman–Crippen MR) is 80.3 cm³/mol. The van der Waals surface area contributed by atoms with Gasteiger partial charge in [-0.05, 0) is 12.8 Å². The second kappa shape index (κ2) is 6.99. The third kappa shape index (κ3) is 3.53. The molecule has 0 aliphatic carbocycles. The van der Waals surface area contributed by atoms with Gasteiger partial charge in [0, 0.05) is 38.4 Å². The third-order valence-corrected chi connectivity index (χ3v) is 3.63. The molecular formula is C15H17N5O3. The van der Waals surface area contributed by atoms with Crippen molar-refractivity contribution < 1.29 is 14.0 Å². The number of carbonyl (C=O) groups excluding carboxylic acids is 2. The predicted octanol–water partition coefficient (Wildman–Crippen LogP) is 0.874. The van der Waals surface area contributed by atoms with Gasteiger partial charge < -0.3 is 14.6 Å². The lowest BCUT2D eigenvalue weighted by atomic mass is 10.2. The molecule has 1 fully saturated rings. The quantitative estimate of drug-likeness (QED) is 0.878. The zero-order valence-corrected chi connectivity index (χ0v) is 12.6. The van der Waals surface area contributed by atoms with Crippen LogP contribution in [0, 0.1) is 0 Å². The highest BCUT2D eigenvalue weighted by Gasteiger charge is 2.20. The normalized spacial score (nSPS) is 14.0. The third-order valence-electron chi connectivity index (χ3n) is 3.63. The van der Waals surface area contributed by atoms with Crippen molar-refractivity contribution in [3.05, 3.63) is 30.5 Å². The van der Waals surface area contributed by atoms with Crippen molar-refractivity contribution in [1.29, 1.82) is 0 Å². The van der Waals surface area contributed by atoms with Gasteiger partial charge in [0.1, 0.15) is 6.26 Å². The molecule has 0 atom stereocenters. The second-order valence-corrected chi connectivity index (χ2v) is 5.18. The van der Waals surface area contributed by atoms with Crippen molar-refractivity contribution in [2.24, 2.45) is 0 Å². The van der Waals surface area contributed by atoms with Gasteiger partial charge in [-0.25, -0.2) is 15.0 Å². The first-order chi connectivity index (χ1) is 11.3. The van der Waals surface area contributed by atoms with Crippen LogP contribution in [-0.4, -0.2) is 51.3 Å². The molecule has 0 aromatic carbocycles. The largest absolute Gasteiger partial charge is 0.443 e. The van der Waals surface area contributed by atoms with Gasteiger partial charge in [0.05, 0.1) is 6.20 Å². The number of oxazole rings is 1. The fourth-order valence-corrected chi connectivity index (χ4v) is 2.49. The molecule has 0 saturated carbocycles. The number of hydrogen-bond acceptors (Lipinski definition) is 6. The smallest absolute Gasteiger partial charge is 0.272 e. The second-order valence-electron chi connectivity index (χ2n) is 5.18. The summed E-state index contributed by atoms with van der Waals surface area (Å²) in [4.78, 5) is 38.1. The average molecular weight is 315 g/mol. The van der Waals surface area contributed by atoms with Gasteiger partial charge in [-0.15, -0.1) is 0 Å². The summed E-state index contributed by atoms with van der Waals surface area (Å²) in [5.74, 6) is -0.105. The number of amides is 2. The first kappa shape index (κ1) is 15.1. The zero-order valence-electron chi connectivity index (χ0n) is 12.6. The first-order valence-electron chi connectivity index (χ1n) is 7.52. The lowest BCUT2D eigenvalue weighted by Crippen LogP contribution is -2.33. The summed E-state index contributed by atoms with van der Waals surface area (Å²) in [6.45, 7) is 1.88. The number of nitrogens with zero attached hydrogens (tertiary/aromatic N) is 4. The molecule has 1 N–H and O–H groups in total. The number of aromatic nitrogens is 3. The first-order valence-corrected chi connectivity index (χ1v) is 7.52. The summed E-state index contributed by atoms with van der Waals surface area (Å²) in [5.41, 5.74) is 0.407. The number of likely N-dealkylation sites (tertiary alicyclic amines) is 1. The monoisotopic (exact) mass is 315 g/mol. The summed E-state index contributed by atoms with van der Waals surface area (Å²) in [6.07, 6.45) is 8.15. The van der Waals surface area contributed by atoms with Crippen molar-refractivity contribution in [3.63, 3.8) is 0 Å². The summed E-state index contributed by atoms with van der Waals surface area (Å²) >= 11 is 0. The number of hydrogen-bond donors (Lipinski definition) is 1. The van der Waals surface area contributed by atoms with E-state index in [0.29, 0.717) is 0 Å². The molecule has 3 rings (SSSR count). The molecule has 120 valence electrons. The van der Waals surface area contributed by atoms with Crippen molar-refractivity contribution in [2.75, 3.05) is 19.6 Å². The maximum atomic E-state index is 12.3. The van der Waals surface area contributed by atoms with Crippen molar-refractivity contribution in [2.45, 2.75) is 19.3 Å². The molecule has 8 nitrogen and oxygen atoms in total. The van der Waals surface area contributed by atoms with Gasteiger partial charge in [-0.1, -0.05) is 0 Å². The number of carbonyl (C=O) groups is 2. The molecular weight excluding hydrogens is 298 g/mol. The summed E-state index contributed by atoms with van der Waals surface area (Å²) in [6, 6.07) is 0. The van der Waals surface area contributed by atoms with Crippen molar-refractivity contribution in [3.8, 4) is 11.6 Å². The molecule has 1 aliphatic rings. The molecule has 0 spiro atoms. The highest BCUT2D eigenvalue weighted by Crippen LogP contribution is 2.17. The van der Waals surface area contributed by atoms with E-state index in [2.05, 4.69) is 20.3 Å². The lowest BCUT2D eigenvalue weighted by molar-refractivity contribution is -0.129. The number of nitrogens with one attached hydrogen (secondary N) is 1. The van der Waals surface area contributed by atoms with E-state index in [1.165, 1.54) is 24.9 Å². The Morgan fingerprint density at radius 2 is 1.91 bits per heavy atom. The van der Waals surface area contributed by atoms with Crippen LogP contribution in [0.15, 0.2) is 29.3 Å². The van der Waals surface area contributed by atoms with Crippen LogP contribution in [0.5, 0.6) is 0 Å². The maximum Gasteiger partial charge on any atom is 0.272 e. The standard InChI is InChI=1S/C15H17N5O3/c21-11(20-8-1-2-9-20)3-4-18-14(22)12-13(17-6-5-16-12)15-19-7-10-23-15/h5-7,10H,1-4,8-9H2,(H,18,22). The molecule has 0 bridgehead atoms. The van der Waals surface area contributed by atoms with E-state index in [9.17, 15) is 9.59 Å². The fourth-order valence-electron chi connectivity index (χ4n) is 2.49. The SMILES string of the molecule is O=C(NCCC(=O)N1CCCC1)c1nccnc1-c1ncco1. The van der Waals surface area contributed by atoms with E-state index in [4.69, 9.17) is 4.42 Å². The molecule has 2 aromatic heterocycles. The average Bonchev–Trinajstić information content (AvgIpc) is 3.28. The highest BCUT2D eigenvalue weighted by molar-refractivity contribution is 5.97. The Morgan fingerprint density at radius 3 is 2.65 bits per heavy atom. The molecule has 23 heavy (non-hydrogen) atoms. The Morgan fingerprint density at radius 1 is 1.13 bits per heavy atom. The van der Waals surface area contributed by atoms with Crippen LogP contribution in [0.4, 0.5) is 0 Å². The van der Waals surface area contributed by atoms with Crippen LogP contribution in [0.25, 0.3) is 11.6 Å². The van der Waals surface area contributed by atoms with E-state index < -0.39 is 5.91 Å². The summed E-state index contributed by atoms with van der Waals surface area (Å²) in [7, 11) is 0. The van der Waals surface area contributed by atoms with E-state index in [1.807, 2.05) is 4.90 Å². The van der Waals surface area contributed by atoms with Crippen LogP contribution in [0.2, 0.25) is 0 Å². The Kier molecular flexibility index (Phi) is 4.60. The van der Waals surface area contributed by atoms with E-state index in [-0.39, 0.29) is 36.2 Å². The van der Waals surface area contributed by atoms with Gasteiger partial charge in [-0.2, -0.15) is 0 Å².